The van der Waals surface area contributed by atoms with E-state index < -0.39 is 6.04 Å². The number of hydrogen-bond acceptors (Lipinski definition) is 4. The molecule has 2 aliphatic rings. The highest BCUT2D eigenvalue weighted by Crippen LogP contribution is 2.30. The molecule has 2 heterocycles. The average molecular weight is 354 g/mol. The lowest BCUT2D eigenvalue weighted by atomic mass is 9.87. The minimum Gasteiger partial charge on any atom is -0.489 e. The Morgan fingerprint density at radius 3 is 3.04 bits per heavy atom. The molecule has 2 amide bonds. The van der Waals surface area contributed by atoms with Crippen molar-refractivity contribution in [3.05, 3.63) is 41.2 Å². The van der Waals surface area contributed by atoms with E-state index in [1.54, 1.807) is 7.05 Å². The molecule has 4 rings (SSSR count). The lowest BCUT2D eigenvalue weighted by Gasteiger charge is -2.21. The zero-order chi connectivity index (χ0) is 18.3. The van der Waals surface area contributed by atoms with Gasteiger partial charge in [0.1, 0.15) is 18.4 Å². The number of ether oxygens (including phenoxy) is 1. The topological polar surface area (TPSA) is 87.3 Å². The van der Waals surface area contributed by atoms with Gasteiger partial charge in [0, 0.05) is 18.3 Å². The molecular weight excluding hydrogens is 332 g/mol. The number of hydrogen-bond donors (Lipinski definition) is 2. The van der Waals surface area contributed by atoms with E-state index in [2.05, 4.69) is 22.4 Å². The summed E-state index contributed by atoms with van der Waals surface area (Å²) < 4.78 is 5.74. The smallest absolute Gasteiger partial charge is 0.272 e. The molecule has 0 fully saturated rings. The van der Waals surface area contributed by atoms with Crippen molar-refractivity contribution in [1.82, 2.24) is 15.5 Å². The van der Waals surface area contributed by atoms with Crippen molar-refractivity contribution in [2.45, 2.75) is 32.2 Å². The minimum atomic E-state index is -0.756. The van der Waals surface area contributed by atoms with E-state index in [1.165, 1.54) is 4.90 Å². The predicted molar refractivity (Wildman–Crippen MR) is 96.4 cm³/mol. The van der Waals surface area contributed by atoms with Gasteiger partial charge in [0.15, 0.2) is 5.69 Å². The van der Waals surface area contributed by atoms with Crippen LogP contribution in [-0.2, 0) is 17.6 Å². The van der Waals surface area contributed by atoms with Crippen LogP contribution < -0.4 is 15.0 Å². The molecule has 7 heteroatoms. The Balaban J connectivity index is 1.54. The molecule has 2 N–H and O–H groups in total. The summed E-state index contributed by atoms with van der Waals surface area (Å²) in [5, 5.41) is 9.98. The lowest BCUT2D eigenvalue weighted by molar-refractivity contribution is -0.120. The van der Waals surface area contributed by atoms with Crippen LogP contribution in [0.2, 0.25) is 0 Å². The van der Waals surface area contributed by atoms with Gasteiger partial charge in [-0.15, -0.1) is 0 Å². The quantitative estimate of drug-likeness (QED) is 0.859. The second-order valence-corrected chi connectivity index (χ2v) is 7.08. The number of anilines is 1. The number of likely N-dealkylation sites (N-methyl/N-ethyl adjacent to an activating group) is 1. The summed E-state index contributed by atoms with van der Waals surface area (Å²) in [5.74, 6) is 0.611. The van der Waals surface area contributed by atoms with E-state index in [1.807, 2.05) is 24.3 Å². The number of carbonyl (C=O) groups is 2. The van der Waals surface area contributed by atoms with E-state index in [-0.39, 0.29) is 18.4 Å². The summed E-state index contributed by atoms with van der Waals surface area (Å²) in [4.78, 5) is 27.1. The van der Waals surface area contributed by atoms with Crippen molar-refractivity contribution in [3.8, 4) is 5.75 Å². The highest BCUT2D eigenvalue weighted by Gasteiger charge is 2.32. The summed E-state index contributed by atoms with van der Waals surface area (Å²) in [5.41, 5.74) is 3.09. The molecule has 26 heavy (non-hydrogen) atoms. The van der Waals surface area contributed by atoms with Crippen LogP contribution in [-0.4, -0.2) is 41.7 Å². The number of rotatable bonds is 2. The molecule has 1 aliphatic heterocycles. The van der Waals surface area contributed by atoms with Crippen molar-refractivity contribution in [3.63, 3.8) is 0 Å². The van der Waals surface area contributed by atoms with Gasteiger partial charge in [-0.2, -0.15) is 5.10 Å². The van der Waals surface area contributed by atoms with Gasteiger partial charge in [-0.05, 0) is 37.3 Å². The van der Waals surface area contributed by atoms with Gasteiger partial charge in [-0.25, -0.2) is 0 Å². The molecule has 2 atom stereocenters. The number of aromatic amines is 1. The standard InChI is InChI=1S/C19H22N4O3/c1-11-7-8-13-12(9-11)17(22-21-13)18(24)20-14-10-26-16-6-4-3-5-15(16)23(2)19(14)25/h3-6,11,14H,7-10H2,1-2H3,(H,20,24)(H,21,22)/t11?,14-/m0/s1. The van der Waals surface area contributed by atoms with Crippen LogP contribution in [0.3, 0.4) is 0 Å². The fourth-order valence-corrected chi connectivity index (χ4v) is 3.64. The van der Waals surface area contributed by atoms with Gasteiger partial charge in [0.05, 0.1) is 5.69 Å². The number of H-pyrrole nitrogens is 1. The summed E-state index contributed by atoms with van der Waals surface area (Å²) in [6.07, 6.45) is 2.82. The van der Waals surface area contributed by atoms with Crippen molar-refractivity contribution in [2.75, 3.05) is 18.6 Å². The number of aromatic nitrogens is 2. The number of nitrogens with zero attached hydrogens (tertiary/aromatic N) is 2. The minimum absolute atomic E-state index is 0.0922. The molecule has 0 spiro atoms. The van der Waals surface area contributed by atoms with Crippen molar-refractivity contribution in [2.24, 2.45) is 5.92 Å². The van der Waals surface area contributed by atoms with Crippen molar-refractivity contribution in [1.29, 1.82) is 0 Å². The molecular formula is C19H22N4O3. The number of carbonyl (C=O) groups excluding carboxylic acids is 2. The van der Waals surface area contributed by atoms with Gasteiger partial charge in [0.25, 0.3) is 11.8 Å². The summed E-state index contributed by atoms with van der Waals surface area (Å²) in [7, 11) is 1.69. The second-order valence-electron chi connectivity index (χ2n) is 7.08. The molecule has 0 saturated heterocycles. The summed E-state index contributed by atoms with van der Waals surface area (Å²) in [6.45, 7) is 2.27. The maximum Gasteiger partial charge on any atom is 0.272 e. The molecule has 7 nitrogen and oxygen atoms in total. The number of fused-ring (bicyclic) bond motifs is 2. The Hall–Kier alpha value is -2.83. The summed E-state index contributed by atoms with van der Waals surface area (Å²) in [6, 6.07) is 6.58. The second kappa shape index (κ2) is 6.48. The summed E-state index contributed by atoms with van der Waals surface area (Å²) >= 11 is 0. The van der Waals surface area contributed by atoms with Crippen LogP contribution in [0.1, 0.15) is 35.1 Å². The van der Waals surface area contributed by atoms with Gasteiger partial charge < -0.3 is 15.0 Å². The normalized spacial score (nSPS) is 22.1. The first-order chi connectivity index (χ1) is 12.5. The van der Waals surface area contributed by atoms with Gasteiger partial charge in [0.2, 0.25) is 0 Å². The molecule has 0 radical (unpaired) electrons. The Morgan fingerprint density at radius 2 is 2.19 bits per heavy atom. The zero-order valence-electron chi connectivity index (χ0n) is 14.9. The third-order valence-electron chi connectivity index (χ3n) is 5.17. The zero-order valence-corrected chi connectivity index (χ0v) is 14.9. The molecule has 0 bridgehead atoms. The first-order valence-electron chi connectivity index (χ1n) is 8.91. The van der Waals surface area contributed by atoms with Crippen molar-refractivity contribution >= 4 is 17.5 Å². The number of nitrogens with one attached hydrogen (secondary N) is 2. The molecule has 1 unspecified atom stereocenters. The average Bonchev–Trinajstić information content (AvgIpc) is 3.02. The van der Waals surface area contributed by atoms with Crippen LogP contribution >= 0.6 is 0 Å². The molecule has 2 aromatic rings. The van der Waals surface area contributed by atoms with Crippen molar-refractivity contribution < 1.29 is 14.3 Å². The number of amides is 2. The van der Waals surface area contributed by atoms with Gasteiger partial charge in [-0.1, -0.05) is 19.1 Å². The van der Waals surface area contributed by atoms with E-state index in [9.17, 15) is 9.59 Å². The fourth-order valence-electron chi connectivity index (χ4n) is 3.64. The molecule has 0 saturated carbocycles. The van der Waals surface area contributed by atoms with E-state index >= 15 is 0 Å². The lowest BCUT2D eigenvalue weighted by Crippen LogP contribution is -2.49. The molecule has 1 aromatic carbocycles. The van der Waals surface area contributed by atoms with Crippen LogP contribution in [0, 0.1) is 5.92 Å². The van der Waals surface area contributed by atoms with Crippen LogP contribution in [0.15, 0.2) is 24.3 Å². The van der Waals surface area contributed by atoms with Gasteiger partial charge in [-0.3, -0.25) is 14.7 Å². The molecule has 136 valence electrons. The van der Waals surface area contributed by atoms with E-state index in [0.717, 1.165) is 30.5 Å². The Bertz CT molecular complexity index is 860. The number of benzene rings is 1. The SMILES string of the molecule is CC1CCc2[nH]nc(C(=O)N[C@H]3COc4ccccc4N(C)C3=O)c2C1. The maximum absolute atomic E-state index is 12.8. The Morgan fingerprint density at radius 1 is 1.38 bits per heavy atom. The first kappa shape index (κ1) is 16.6. The largest absolute Gasteiger partial charge is 0.489 e. The number of aryl methyl sites for hydroxylation is 1. The highest BCUT2D eigenvalue weighted by atomic mass is 16.5. The fraction of sp³-hybridized carbons (Fsp3) is 0.421. The number of para-hydroxylation sites is 2. The first-order valence-corrected chi connectivity index (χ1v) is 8.91. The maximum atomic E-state index is 12.8. The van der Waals surface area contributed by atoms with Crippen LogP contribution in [0.4, 0.5) is 5.69 Å². The highest BCUT2D eigenvalue weighted by molar-refractivity contribution is 6.03. The van der Waals surface area contributed by atoms with Crippen LogP contribution in [0.5, 0.6) is 5.75 Å². The predicted octanol–water partition coefficient (Wildman–Crippen LogP) is 1.69. The monoisotopic (exact) mass is 354 g/mol. The van der Waals surface area contributed by atoms with E-state index in [4.69, 9.17) is 4.74 Å². The third kappa shape index (κ3) is 2.83. The molecule has 1 aliphatic carbocycles. The van der Waals surface area contributed by atoms with Gasteiger partial charge >= 0.3 is 0 Å². The molecule has 1 aromatic heterocycles. The third-order valence-corrected chi connectivity index (χ3v) is 5.17. The Kier molecular flexibility index (Phi) is 4.14. The Labute approximate surface area is 151 Å². The van der Waals surface area contributed by atoms with Crippen LogP contribution in [0.25, 0.3) is 0 Å². The van der Waals surface area contributed by atoms with E-state index in [0.29, 0.717) is 23.0 Å².